The molecule has 0 radical (unpaired) electrons. The third kappa shape index (κ3) is 5.43. The second-order valence-electron chi connectivity index (χ2n) is 5.00. The molecule has 1 aromatic carbocycles. The summed E-state index contributed by atoms with van der Waals surface area (Å²) in [5.41, 5.74) is 1.02. The van der Waals surface area contributed by atoms with E-state index in [9.17, 15) is 8.42 Å². The fraction of sp³-hybridized carbons (Fsp3) is 0.600. The Kier molecular flexibility index (Phi) is 7.56. The lowest BCUT2D eigenvalue weighted by Crippen LogP contribution is -2.39. The molecule has 1 unspecified atom stereocenters. The van der Waals surface area contributed by atoms with E-state index in [1.54, 1.807) is 4.31 Å². The van der Waals surface area contributed by atoms with Gasteiger partial charge in [-0.3, -0.25) is 0 Å². The summed E-state index contributed by atoms with van der Waals surface area (Å²) in [4.78, 5) is 0. The van der Waals surface area contributed by atoms with Crippen LogP contribution in [0.2, 0.25) is 0 Å². The Morgan fingerprint density at radius 2 is 1.85 bits per heavy atom. The van der Waals surface area contributed by atoms with E-state index in [1.807, 2.05) is 44.2 Å². The minimum Gasteiger partial charge on any atom is -0.212 e. The van der Waals surface area contributed by atoms with Gasteiger partial charge in [-0.05, 0) is 31.7 Å². The van der Waals surface area contributed by atoms with E-state index in [0.29, 0.717) is 18.8 Å². The first-order valence-corrected chi connectivity index (χ1v) is 9.25. The van der Waals surface area contributed by atoms with Crippen LogP contribution in [-0.2, 0) is 16.6 Å². The Morgan fingerprint density at radius 1 is 1.20 bits per heavy atom. The maximum Gasteiger partial charge on any atom is 0.214 e. The highest BCUT2D eigenvalue weighted by atomic mass is 35.5. The molecule has 0 aliphatic rings. The molecule has 0 saturated heterocycles. The van der Waals surface area contributed by atoms with E-state index in [0.717, 1.165) is 18.4 Å². The zero-order chi connectivity index (χ0) is 15.0. The third-order valence-corrected chi connectivity index (χ3v) is 5.68. The number of unbranched alkanes of at least 4 members (excludes halogenated alkanes) is 1. The van der Waals surface area contributed by atoms with Crippen LogP contribution in [0.25, 0.3) is 0 Å². The Labute approximate surface area is 128 Å². The van der Waals surface area contributed by atoms with Crippen molar-refractivity contribution in [3.63, 3.8) is 0 Å². The number of hydrogen-bond donors (Lipinski definition) is 0. The van der Waals surface area contributed by atoms with Crippen molar-refractivity contribution in [1.29, 1.82) is 0 Å². The van der Waals surface area contributed by atoms with Crippen molar-refractivity contribution in [3.05, 3.63) is 35.9 Å². The van der Waals surface area contributed by atoms with Gasteiger partial charge in [-0.2, -0.15) is 4.31 Å². The highest BCUT2D eigenvalue weighted by Gasteiger charge is 2.25. The Balaban J connectivity index is 2.83. The fourth-order valence-electron chi connectivity index (χ4n) is 1.99. The van der Waals surface area contributed by atoms with Gasteiger partial charge in [0.25, 0.3) is 0 Å². The molecule has 0 aliphatic carbocycles. The van der Waals surface area contributed by atoms with E-state index >= 15 is 0 Å². The van der Waals surface area contributed by atoms with Gasteiger partial charge in [0.05, 0.1) is 5.75 Å². The molecule has 3 nitrogen and oxygen atoms in total. The molecule has 0 bridgehead atoms. The van der Waals surface area contributed by atoms with Crippen LogP contribution in [-0.4, -0.2) is 30.4 Å². The van der Waals surface area contributed by atoms with Crippen molar-refractivity contribution in [3.8, 4) is 0 Å². The smallest absolute Gasteiger partial charge is 0.212 e. The standard InChI is InChI=1S/C15H24ClNO2S/c1-3-14(2)17(13-15-9-5-4-6-10-15)20(18,19)12-8-7-11-16/h4-6,9-10,14H,3,7-8,11-13H2,1-2H3. The summed E-state index contributed by atoms with van der Waals surface area (Å²) in [5.74, 6) is 0.689. The summed E-state index contributed by atoms with van der Waals surface area (Å²) in [5, 5.41) is 0. The molecule has 5 heteroatoms. The first-order chi connectivity index (χ1) is 9.51. The molecule has 0 spiro atoms. The van der Waals surface area contributed by atoms with E-state index in [2.05, 4.69) is 0 Å². The van der Waals surface area contributed by atoms with E-state index in [4.69, 9.17) is 11.6 Å². The average Bonchev–Trinajstić information content (AvgIpc) is 2.45. The quantitative estimate of drug-likeness (QED) is 0.515. The topological polar surface area (TPSA) is 37.4 Å². The number of nitrogens with zero attached hydrogens (tertiary/aromatic N) is 1. The Hall–Kier alpha value is -0.580. The van der Waals surface area contributed by atoms with Crippen LogP contribution < -0.4 is 0 Å². The number of hydrogen-bond acceptors (Lipinski definition) is 2. The van der Waals surface area contributed by atoms with Crippen molar-refractivity contribution >= 4 is 21.6 Å². The average molecular weight is 318 g/mol. The summed E-state index contributed by atoms with van der Waals surface area (Å²) in [6.07, 6.45) is 2.16. The molecule has 1 atom stereocenters. The van der Waals surface area contributed by atoms with Gasteiger partial charge >= 0.3 is 0 Å². The van der Waals surface area contributed by atoms with Gasteiger partial charge in [0.1, 0.15) is 0 Å². The summed E-state index contributed by atoms with van der Waals surface area (Å²) in [6, 6.07) is 9.74. The van der Waals surface area contributed by atoms with Crippen molar-refractivity contribution in [2.45, 2.75) is 45.7 Å². The highest BCUT2D eigenvalue weighted by molar-refractivity contribution is 7.89. The first-order valence-electron chi connectivity index (χ1n) is 7.10. The molecule has 0 saturated carbocycles. The zero-order valence-corrected chi connectivity index (χ0v) is 13.8. The minimum absolute atomic E-state index is 0.0104. The normalized spacial score (nSPS) is 13.6. The lowest BCUT2D eigenvalue weighted by atomic mass is 10.2. The van der Waals surface area contributed by atoms with Gasteiger partial charge in [-0.25, -0.2) is 8.42 Å². The summed E-state index contributed by atoms with van der Waals surface area (Å²) in [7, 11) is -3.23. The molecule has 0 amide bonds. The van der Waals surface area contributed by atoms with Gasteiger partial charge in [-0.15, -0.1) is 11.6 Å². The van der Waals surface area contributed by atoms with Gasteiger partial charge < -0.3 is 0 Å². The lowest BCUT2D eigenvalue weighted by Gasteiger charge is -2.27. The van der Waals surface area contributed by atoms with Crippen LogP contribution in [0.3, 0.4) is 0 Å². The summed E-state index contributed by atoms with van der Waals surface area (Å²) < 4.78 is 26.6. The van der Waals surface area contributed by atoms with Crippen LogP contribution in [0, 0.1) is 0 Å². The molecule has 0 heterocycles. The zero-order valence-electron chi connectivity index (χ0n) is 12.3. The number of rotatable bonds is 9. The minimum atomic E-state index is -3.23. The molecule has 114 valence electrons. The van der Waals surface area contributed by atoms with Crippen LogP contribution in [0.1, 0.15) is 38.7 Å². The largest absolute Gasteiger partial charge is 0.214 e. The first kappa shape index (κ1) is 17.5. The van der Waals surface area contributed by atoms with Gasteiger partial charge in [0, 0.05) is 18.5 Å². The van der Waals surface area contributed by atoms with Crippen molar-refractivity contribution < 1.29 is 8.42 Å². The summed E-state index contributed by atoms with van der Waals surface area (Å²) >= 11 is 5.62. The predicted molar refractivity (Wildman–Crippen MR) is 85.5 cm³/mol. The molecular formula is C15H24ClNO2S. The molecule has 0 aliphatic heterocycles. The lowest BCUT2D eigenvalue weighted by molar-refractivity contribution is 0.322. The fourth-order valence-corrected chi connectivity index (χ4v) is 4.03. The van der Waals surface area contributed by atoms with Crippen molar-refractivity contribution in [1.82, 2.24) is 4.31 Å². The number of sulfonamides is 1. The number of halogens is 1. The number of alkyl halides is 1. The molecule has 0 N–H and O–H groups in total. The van der Waals surface area contributed by atoms with E-state index < -0.39 is 10.0 Å². The SMILES string of the molecule is CCC(C)N(Cc1ccccc1)S(=O)(=O)CCCCCl. The van der Waals surface area contributed by atoms with Crippen LogP contribution in [0.4, 0.5) is 0 Å². The van der Waals surface area contributed by atoms with Crippen molar-refractivity contribution in [2.24, 2.45) is 0 Å². The maximum atomic E-state index is 12.5. The molecule has 0 aromatic heterocycles. The van der Waals surface area contributed by atoms with Crippen LogP contribution >= 0.6 is 11.6 Å². The molecule has 1 aromatic rings. The van der Waals surface area contributed by atoms with Gasteiger partial charge in [0.2, 0.25) is 10.0 Å². The van der Waals surface area contributed by atoms with E-state index in [1.165, 1.54) is 0 Å². The molecule has 1 rings (SSSR count). The second kappa shape index (κ2) is 8.65. The second-order valence-corrected chi connectivity index (χ2v) is 7.42. The highest BCUT2D eigenvalue weighted by Crippen LogP contribution is 2.17. The van der Waals surface area contributed by atoms with E-state index in [-0.39, 0.29) is 11.8 Å². The van der Waals surface area contributed by atoms with Crippen molar-refractivity contribution in [2.75, 3.05) is 11.6 Å². The maximum absolute atomic E-state index is 12.5. The van der Waals surface area contributed by atoms with Crippen LogP contribution in [0.15, 0.2) is 30.3 Å². The predicted octanol–water partition coefficient (Wildman–Crippen LogP) is 3.64. The molecule has 20 heavy (non-hydrogen) atoms. The molecular weight excluding hydrogens is 294 g/mol. The monoisotopic (exact) mass is 317 g/mol. The van der Waals surface area contributed by atoms with Gasteiger partial charge in [0.15, 0.2) is 0 Å². The molecule has 0 fully saturated rings. The Bertz CT molecular complexity index is 476. The third-order valence-electron chi connectivity index (χ3n) is 3.41. The summed E-state index contributed by atoms with van der Waals surface area (Å²) in [6.45, 7) is 4.41. The number of benzene rings is 1. The Morgan fingerprint density at radius 3 is 2.40 bits per heavy atom. The van der Waals surface area contributed by atoms with Gasteiger partial charge in [-0.1, -0.05) is 37.3 Å². The van der Waals surface area contributed by atoms with Crippen LogP contribution in [0.5, 0.6) is 0 Å².